The van der Waals surface area contributed by atoms with E-state index in [9.17, 15) is 18.7 Å². The summed E-state index contributed by atoms with van der Waals surface area (Å²) in [6.45, 7) is -2.95. The van der Waals surface area contributed by atoms with Crippen LogP contribution in [0.4, 0.5) is 8.78 Å². The Hall–Kier alpha value is -3.44. The summed E-state index contributed by atoms with van der Waals surface area (Å²) in [5.74, 6) is 1.91. The SMILES string of the molecule is C#CC(O)CCc1cccc(C2(c3ccc(OC(F)F)cc3)N=C(N)N(C)C2=O)c1. The Balaban J connectivity index is 2.05. The van der Waals surface area contributed by atoms with Crippen molar-refractivity contribution in [3.8, 4) is 18.1 Å². The number of carbonyl (C=O) groups is 1. The van der Waals surface area contributed by atoms with Gasteiger partial charge >= 0.3 is 6.61 Å². The molecule has 8 heteroatoms. The molecule has 1 aliphatic rings. The van der Waals surface area contributed by atoms with Gasteiger partial charge in [-0.3, -0.25) is 9.69 Å². The first-order chi connectivity index (χ1) is 14.3. The standard InChI is InChI=1S/C22H21F2N3O3/c1-3-17(28)10-7-14-5-4-6-16(13-14)22(19(29)27(2)21(25)26-22)15-8-11-18(12-9-15)30-20(23)24/h1,4-6,8-9,11-13,17,20,28H,7,10H2,2H3,(H2,25,26). The van der Waals surface area contributed by atoms with Crippen LogP contribution >= 0.6 is 0 Å². The highest BCUT2D eigenvalue weighted by Crippen LogP contribution is 2.40. The van der Waals surface area contributed by atoms with Gasteiger partial charge in [0.2, 0.25) is 0 Å². The Labute approximate surface area is 173 Å². The summed E-state index contributed by atoms with van der Waals surface area (Å²) in [7, 11) is 1.52. The normalized spacial score (nSPS) is 19.5. The van der Waals surface area contributed by atoms with Gasteiger partial charge in [-0.2, -0.15) is 8.78 Å². The molecule has 0 radical (unpaired) electrons. The van der Waals surface area contributed by atoms with E-state index in [0.717, 1.165) is 5.56 Å². The minimum Gasteiger partial charge on any atom is -0.435 e. The van der Waals surface area contributed by atoms with Crippen LogP contribution in [-0.2, 0) is 16.8 Å². The molecule has 2 aromatic carbocycles. The molecule has 0 fully saturated rings. The summed E-state index contributed by atoms with van der Waals surface area (Å²) in [5, 5.41) is 9.63. The maximum absolute atomic E-state index is 13.2. The smallest absolute Gasteiger partial charge is 0.387 e. The number of guanidine groups is 1. The van der Waals surface area contributed by atoms with Gasteiger partial charge in [0.05, 0.1) is 0 Å². The Morgan fingerprint density at radius 1 is 1.27 bits per heavy atom. The van der Waals surface area contributed by atoms with Crippen LogP contribution in [0.25, 0.3) is 0 Å². The molecule has 2 unspecified atom stereocenters. The van der Waals surface area contributed by atoms with Crippen molar-refractivity contribution in [2.24, 2.45) is 10.7 Å². The lowest BCUT2D eigenvalue weighted by Crippen LogP contribution is -2.41. The fourth-order valence-corrected chi connectivity index (χ4v) is 3.40. The molecule has 0 aliphatic carbocycles. The average molecular weight is 413 g/mol. The molecule has 3 N–H and O–H groups in total. The summed E-state index contributed by atoms with van der Waals surface area (Å²) in [4.78, 5) is 19.0. The van der Waals surface area contributed by atoms with Crippen molar-refractivity contribution in [3.05, 3.63) is 65.2 Å². The molecule has 0 saturated heterocycles. The highest BCUT2D eigenvalue weighted by atomic mass is 19.3. The van der Waals surface area contributed by atoms with E-state index in [1.165, 1.54) is 36.2 Å². The number of aliphatic imine (C=N–C) groups is 1. The van der Waals surface area contributed by atoms with Gasteiger partial charge in [0.25, 0.3) is 5.91 Å². The van der Waals surface area contributed by atoms with Crippen LogP contribution in [0.15, 0.2) is 53.5 Å². The van der Waals surface area contributed by atoms with Crippen molar-refractivity contribution >= 4 is 11.9 Å². The van der Waals surface area contributed by atoms with Gasteiger partial charge in [-0.1, -0.05) is 42.3 Å². The Bertz CT molecular complexity index is 1000. The molecule has 2 aromatic rings. The van der Waals surface area contributed by atoms with Crippen LogP contribution in [0.1, 0.15) is 23.1 Å². The number of aliphatic hydroxyl groups is 1. The number of likely N-dealkylation sites (N-methyl/N-ethyl adjacent to an activating group) is 1. The van der Waals surface area contributed by atoms with Crippen molar-refractivity contribution in [1.29, 1.82) is 0 Å². The van der Waals surface area contributed by atoms with Gasteiger partial charge in [-0.05, 0) is 41.7 Å². The number of halogens is 2. The topological polar surface area (TPSA) is 88.2 Å². The summed E-state index contributed by atoms with van der Waals surface area (Å²) in [6.07, 6.45) is 5.22. The number of aliphatic hydroxyl groups excluding tert-OH is 1. The lowest BCUT2D eigenvalue weighted by Gasteiger charge is -2.26. The summed E-state index contributed by atoms with van der Waals surface area (Å²) in [6, 6.07) is 12.9. The number of rotatable bonds is 7. The van der Waals surface area contributed by atoms with E-state index >= 15 is 0 Å². The molecule has 2 atom stereocenters. The molecule has 0 bridgehead atoms. The second-order valence-corrected chi connectivity index (χ2v) is 6.87. The first-order valence-electron chi connectivity index (χ1n) is 9.20. The largest absolute Gasteiger partial charge is 0.435 e. The zero-order valence-electron chi connectivity index (χ0n) is 16.3. The van der Waals surface area contributed by atoms with Crippen molar-refractivity contribution in [2.45, 2.75) is 31.1 Å². The van der Waals surface area contributed by atoms with Gasteiger partial charge < -0.3 is 15.6 Å². The number of carbonyl (C=O) groups excluding carboxylic acids is 1. The second-order valence-electron chi connectivity index (χ2n) is 6.87. The molecular formula is C22H21F2N3O3. The van der Waals surface area contributed by atoms with Gasteiger partial charge in [0.1, 0.15) is 11.9 Å². The van der Waals surface area contributed by atoms with E-state index in [1.807, 2.05) is 6.07 Å². The van der Waals surface area contributed by atoms with Gasteiger partial charge in [0, 0.05) is 7.05 Å². The summed E-state index contributed by atoms with van der Waals surface area (Å²) >= 11 is 0. The molecule has 1 aliphatic heterocycles. The molecule has 30 heavy (non-hydrogen) atoms. The van der Waals surface area contributed by atoms with E-state index < -0.39 is 18.3 Å². The van der Waals surface area contributed by atoms with E-state index in [1.54, 1.807) is 18.2 Å². The zero-order valence-corrected chi connectivity index (χ0v) is 16.3. The quantitative estimate of drug-likeness (QED) is 0.682. The number of nitrogens with two attached hydrogens (primary N) is 1. The number of nitrogens with zero attached hydrogens (tertiary/aromatic N) is 2. The highest BCUT2D eigenvalue weighted by Gasteiger charge is 2.49. The van der Waals surface area contributed by atoms with Gasteiger partial charge in [0.15, 0.2) is 11.5 Å². The van der Waals surface area contributed by atoms with Crippen LogP contribution in [0.3, 0.4) is 0 Å². The van der Waals surface area contributed by atoms with Crippen LogP contribution in [0, 0.1) is 12.3 Å². The molecule has 1 amide bonds. The number of amides is 1. The lowest BCUT2D eigenvalue weighted by molar-refractivity contribution is -0.129. The average Bonchev–Trinajstić information content (AvgIpc) is 2.97. The summed E-state index contributed by atoms with van der Waals surface area (Å²) < 4.78 is 29.3. The number of ether oxygens (including phenoxy) is 1. The minimum atomic E-state index is -2.95. The van der Waals surface area contributed by atoms with Crippen LogP contribution < -0.4 is 10.5 Å². The number of benzene rings is 2. The van der Waals surface area contributed by atoms with Crippen molar-refractivity contribution in [2.75, 3.05) is 7.05 Å². The lowest BCUT2D eigenvalue weighted by atomic mass is 9.82. The number of alkyl halides is 2. The van der Waals surface area contributed by atoms with Gasteiger partial charge in [-0.25, -0.2) is 4.99 Å². The number of hydrogen-bond donors (Lipinski definition) is 2. The van der Waals surface area contributed by atoms with Crippen molar-refractivity contribution < 1.29 is 23.4 Å². The van der Waals surface area contributed by atoms with E-state index in [2.05, 4.69) is 15.6 Å². The van der Waals surface area contributed by atoms with E-state index in [-0.39, 0.29) is 17.6 Å². The molecule has 3 rings (SSSR count). The van der Waals surface area contributed by atoms with E-state index in [4.69, 9.17) is 12.2 Å². The maximum atomic E-state index is 13.2. The third-order valence-corrected chi connectivity index (χ3v) is 4.98. The molecule has 0 aromatic heterocycles. The predicted molar refractivity (Wildman–Crippen MR) is 108 cm³/mol. The monoisotopic (exact) mass is 413 g/mol. The van der Waals surface area contributed by atoms with Crippen molar-refractivity contribution in [3.63, 3.8) is 0 Å². The molecule has 0 saturated carbocycles. The van der Waals surface area contributed by atoms with E-state index in [0.29, 0.717) is 24.0 Å². The Morgan fingerprint density at radius 3 is 2.53 bits per heavy atom. The Morgan fingerprint density at radius 2 is 1.97 bits per heavy atom. The molecule has 1 heterocycles. The molecule has 6 nitrogen and oxygen atoms in total. The zero-order chi connectivity index (χ0) is 21.9. The van der Waals surface area contributed by atoms with Crippen LogP contribution in [0.2, 0.25) is 0 Å². The number of terminal acetylenes is 1. The fraction of sp³-hybridized carbons (Fsp3) is 0.273. The van der Waals surface area contributed by atoms with Gasteiger partial charge in [-0.15, -0.1) is 6.42 Å². The third kappa shape index (κ3) is 3.98. The highest BCUT2D eigenvalue weighted by molar-refractivity contribution is 6.08. The fourth-order valence-electron chi connectivity index (χ4n) is 3.40. The maximum Gasteiger partial charge on any atom is 0.387 e. The minimum absolute atomic E-state index is 0.0309. The third-order valence-electron chi connectivity index (χ3n) is 4.98. The number of hydrogen-bond acceptors (Lipinski definition) is 5. The van der Waals surface area contributed by atoms with Crippen LogP contribution in [0.5, 0.6) is 5.75 Å². The predicted octanol–water partition coefficient (Wildman–Crippen LogP) is 2.24. The second kappa shape index (κ2) is 8.51. The molecule has 0 spiro atoms. The van der Waals surface area contributed by atoms with Crippen molar-refractivity contribution in [1.82, 2.24) is 4.90 Å². The molecular weight excluding hydrogens is 392 g/mol. The molecule has 156 valence electrons. The Kier molecular flexibility index (Phi) is 6.04. The van der Waals surface area contributed by atoms with Crippen LogP contribution in [-0.4, -0.2) is 41.6 Å². The first kappa shape index (κ1) is 21.3. The summed E-state index contributed by atoms with van der Waals surface area (Å²) in [5.41, 5.74) is 6.37. The number of aryl methyl sites for hydroxylation is 1. The first-order valence-corrected chi connectivity index (χ1v) is 9.20.